The Bertz CT molecular complexity index is 551. The van der Waals surface area contributed by atoms with E-state index >= 15 is 0 Å². The van der Waals surface area contributed by atoms with Crippen molar-refractivity contribution in [1.82, 2.24) is 10.3 Å². The minimum atomic E-state index is -0.176. The first-order valence-electron chi connectivity index (χ1n) is 5.84. The van der Waals surface area contributed by atoms with Gasteiger partial charge in [0.25, 0.3) is 5.91 Å². The second-order valence-electron chi connectivity index (χ2n) is 3.93. The molecule has 1 aromatic heterocycles. The molecule has 0 spiro atoms. The van der Waals surface area contributed by atoms with Crippen molar-refractivity contribution in [3.8, 4) is 5.75 Å². The Kier molecular flexibility index (Phi) is 4.35. The Labute approximate surface area is 115 Å². The Morgan fingerprint density at radius 1 is 1.42 bits per heavy atom. The first-order valence-corrected chi connectivity index (χ1v) is 6.72. The van der Waals surface area contributed by atoms with Crippen LogP contribution in [0.4, 0.5) is 5.69 Å². The molecule has 1 heterocycles. The lowest BCUT2D eigenvalue weighted by Crippen LogP contribution is -2.28. The number of aryl methyl sites for hydroxylation is 1. The zero-order valence-electron chi connectivity index (χ0n) is 10.6. The van der Waals surface area contributed by atoms with E-state index < -0.39 is 0 Å². The highest BCUT2D eigenvalue weighted by molar-refractivity contribution is 7.09. The van der Waals surface area contributed by atoms with Crippen LogP contribution in [-0.2, 0) is 0 Å². The number of hydrogen-bond acceptors (Lipinski definition) is 5. The maximum Gasteiger partial charge on any atom is 0.270 e. The molecule has 5 nitrogen and oxygen atoms in total. The predicted octanol–water partition coefficient (Wildman–Crippen LogP) is 1.84. The Balaban J connectivity index is 1.72. The number of nitrogens with one attached hydrogen (secondary N) is 1. The van der Waals surface area contributed by atoms with E-state index in [0.717, 1.165) is 10.8 Å². The molecule has 0 radical (unpaired) electrons. The minimum absolute atomic E-state index is 0.176. The molecule has 0 aliphatic heterocycles. The molecule has 0 atom stereocenters. The van der Waals surface area contributed by atoms with E-state index in [1.54, 1.807) is 29.6 Å². The predicted molar refractivity (Wildman–Crippen MR) is 75.5 cm³/mol. The van der Waals surface area contributed by atoms with Crippen LogP contribution in [0.1, 0.15) is 15.5 Å². The van der Waals surface area contributed by atoms with Gasteiger partial charge < -0.3 is 15.8 Å². The van der Waals surface area contributed by atoms with Gasteiger partial charge in [0, 0.05) is 11.1 Å². The molecule has 0 unspecified atom stereocenters. The van der Waals surface area contributed by atoms with Crippen molar-refractivity contribution in [2.45, 2.75) is 6.92 Å². The largest absolute Gasteiger partial charge is 0.492 e. The minimum Gasteiger partial charge on any atom is -0.492 e. The summed E-state index contributed by atoms with van der Waals surface area (Å²) in [7, 11) is 0. The Morgan fingerprint density at radius 3 is 2.79 bits per heavy atom. The molecule has 100 valence electrons. The number of rotatable bonds is 5. The van der Waals surface area contributed by atoms with Crippen LogP contribution in [-0.4, -0.2) is 24.0 Å². The fourth-order valence-electron chi connectivity index (χ4n) is 1.46. The molecule has 0 fully saturated rings. The topological polar surface area (TPSA) is 77.2 Å². The summed E-state index contributed by atoms with van der Waals surface area (Å²) in [6, 6.07) is 7.12. The lowest BCUT2D eigenvalue weighted by Gasteiger charge is -2.07. The molecular weight excluding hydrogens is 262 g/mol. The van der Waals surface area contributed by atoms with Crippen molar-refractivity contribution in [2.75, 3.05) is 18.9 Å². The molecule has 1 amide bonds. The van der Waals surface area contributed by atoms with Gasteiger partial charge in [-0.05, 0) is 31.2 Å². The van der Waals surface area contributed by atoms with Gasteiger partial charge in [0.05, 0.1) is 11.6 Å². The molecule has 0 saturated carbocycles. The van der Waals surface area contributed by atoms with E-state index in [4.69, 9.17) is 10.5 Å². The fourth-order valence-corrected chi connectivity index (χ4v) is 2.05. The molecule has 0 aliphatic rings. The number of nitrogens with two attached hydrogens (primary N) is 1. The van der Waals surface area contributed by atoms with Gasteiger partial charge in [-0.3, -0.25) is 4.79 Å². The summed E-state index contributed by atoms with van der Waals surface area (Å²) >= 11 is 1.46. The number of hydrogen-bond donors (Lipinski definition) is 2. The second-order valence-corrected chi connectivity index (χ2v) is 4.99. The standard InChI is InChI=1S/C13H15N3O2S/c1-9-16-12(8-19-9)13(17)15-6-7-18-11-4-2-10(14)3-5-11/h2-5,8H,6-7,14H2,1H3,(H,15,17). The highest BCUT2D eigenvalue weighted by atomic mass is 32.1. The van der Waals surface area contributed by atoms with Crippen molar-refractivity contribution in [2.24, 2.45) is 0 Å². The van der Waals surface area contributed by atoms with Crippen molar-refractivity contribution in [3.05, 3.63) is 40.3 Å². The molecule has 0 saturated heterocycles. The van der Waals surface area contributed by atoms with Crippen LogP contribution in [0.3, 0.4) is 0 Å². The van der Waals surface area contributed by atoms with Crippen LogP contribution in [0.2, 0.25) is 0 Å². The second kappa shape index (κ2) is 6.19. The van der Waals surface area contributed by atoms with Gasteiger partial charge >= 0.3 is 0 Å². The van der Waals surface area contributed by atoms with E-state index in [2.05, 4.69) is 10.3 Å². The van der Waals surface area contributed by atoms with Crippen molar-refractivity contribution < 1.29 is 9.53 Å². The summed E-state index contributed by atoms with van der Waals surface area (Å²) in [6.45, 7) is 2.70. The average molecular weight is 277 g/mol. The normalized spacial score (nSPS) is 10.2. The summed E-state index contributed by atoms with van der Waals surface area (Å²) in [4.78, 5) is 15.8. The molecule has 2 rings (SSSR count). The monoisotopic (exact) mass is 277 g/mol. The van der Waals surface area contributed by atoms with Gasteiger partial charge in [0.2, 0.25) is 0 Å². The molecule has 0 aliphatic carbocycles. The maximum atomic E-state index is 11.7. The third-order valence-corrected chi connectivity index (χ3v) is 3.16. The zero-order chi connectivity index (χ0) is 13.7. The number of ether oxygens (including phenoxy) is 1. The summed E-state index contributed by atoms with van der Waals surface area (Å²) in [5, 5.41) is 5.37. The summed E-state index contributed by atoms with van der Waals surface area (Å²) < 4.78 is 5.46. The van der Waals surface area contributed by atoms with Gasteiger partial charge in [0.15, 0.2) is 0 Å². The first kappa shape index (κ1) is 13.4. The van der Waals surface area contributed by atoms with Gasteiger partial charge in [-0.1, -0.05) is 0 Å². The molecule has 1 aromatic carbocycles. The number of benzene rings is 1. The lowest BCUT2D eigenvalue weighted by atomic mass is 10.3. The molecule has 19 heavy (non-hydrogen) atoms. The third kappa shape index (κ3) is 3.96. The van der Waals surface area contributed by atoms with Crippen LogP contribution in [0.25, 0.3) is 0 Å². The number of nitrogens with zero attached hydrogens (tertiary/aromatic N) is 1. The first-order chi connectivity index (χ1) is 9.15. The molecule has 0 bridgehead atoms. The SMILES string of the molecule is Cc1nc(C(=O)NCCOc2ccc(N)cc2)cs1. The maximum absolute atomic E-state index is 11.7. The van der Waals surface area contributed by atoms with E-state index in [9.17, 15) is 4.79 Å². The van der Waals surface area contributed by atoms with E-state index in [-0.39, 0.29) is 5.91 Å². The zero-order valence-corrected chi connectivity index (χ0v) is 11.4. The van der Waals surface area contributed by atoms with E-state index in [0.29, 0.717) is 24.5 Å². The number of thiazole rings is 1. The Hall–Kier alpha value is -2.08. The average Bonchev–Trinajstić information content (AvgIpc) is 2.83. The summed E-state index contributed by atoms with van der Waals surface area (Å²) in [6.07, 6.45) is 0. The smallest absolute Gasteiger partial charge is 0.270 e. The fraction of sp³-hybridized carbons (Fsp3) is 0.231. The highest BCUT2D eigenvalue weighted by Gasteiger charge is 2.07. The van der Waals surface area contributed by atoms with Crippen LogP contribution >= 0.6 is 11.3 Å². The van der Waals surface area contributed by atoms with E-state index in [1.807, 2.05) is 6.92 Å². The molecule has 6 heteroatoms. The van der Waals surface area contributed by atoms with Crippen LogP contribution in [0.15, 0.2) is 29.6 Å². The van der Waals surface area contributed by atoms with E-state index in [1.165, 1.54) is 11.3 Å². The highest BCUT2D eigenvalue weighted by Crippen LogP contribution is 2.12. The molecule has 3 N–H and O–H groups in total. The van der Waals surface area contributed by atoms with Crippen molar-refractivity contribution in [1.29, 1.82) is 0 Å². The van der Waals surface area contributed by atoms with Crippen LogP contribution < -0.4 is 15.8 Å². The number of nitrogen functional groups attached to an aromatic ring is 1. The summed E-state index contributed by atoms with van der Waals surface area (Å²) in [5.41, 5.74) is 6.72. The Morgan fingerprint density at radius 2 is 2.16 bits per heavy atom. The van der Waals surface area contributed by atoms with Gasteiger partial charge in [-0.2, -0.15) is 0 Å². The molecular formula is C13H15N3O2S. The third-order valence-electron chi connectivity index (χ3n) is 2.39. The van der Waals surface area contributed by atoms with Gasteiger partial charge in [-0.25, -0.2) is 4.98 Å². The van der Waals surface area contributed by atoms with Gasteiger partial charge in [-0.15, -0.1) is 11.3 Å². The summed E-state index contributed by atoms with van der Waals surface area (Å²) in [5.74, 6) is 0.554. The molecule has 2 aromatic rings. The number of amides is 1. The van der Waals surface area contributed by atoms with Crippen molar-refractivity contribution in [3.63, 3.8) is 0 Å². The van der Waals surface area contributed by atoms with Gasteiger partial charge in [0.1, 0.15) is 18.1 Å². The van der Waals surface area contributed by atoms with Crippen LogP contribution in [0, 0.1) is 6.92 Å². The quantitative estimate of drug-likeness (QED) is 0.646. The number of anilines is 1. The number of aromatic nitrogens is 1. The number of carbonyl (C=O) groups is 1. The number of carbonyl (C=O) groups excluding carboxylic acids is 1. The van der Waals surface area contributed by atoms with Crippen molar-refractivity contribution >= 4 is 22.9 Å². The lowest BCUT2D eigenvalue weighted by molar-refractivity contribution is 0.0942. The van der Waals surface area contributed by atoms with Crippen LogP contribution in [0.5, 0.6) is 5.75 Å².